The molecule has 0 aliphatic heterocycles. The molecule has 1 aromatic carbocycles. The molecular weight excluding hydrogens is 308 g/mol. The molecule has 0 saturated heterocycles. The average Bonchev–Trinajstić information content (AvgIpc) is 2.48. The molecule has 2 N–H and O–H groups in total. The second kappa shape index (κ2) is 7.09. The minimum absolute atomic E-state index is 0.113. The minimum atomic E-state index is -3.49. The first-order valence-corrected chi connectivity index (χ1v) is 9.32. The van der Waals surface area contributed by atoms with E-state index in [1.54, 1.807) is 16.4 Å². The molecule has 1 aliphatic carbocycles. The van der Waals surface area contributed by atoms with Gasteiger partial charge in [0.25, 0.3) is 0 Å². The van der Waals surface area contributed by atoms with Gasteiger partial charge in [0.15, 0.2) is 0 Å². The first kappa shape index (κ1) is 16.7. The number of sulfonamides is 1. The van der Waals surface area contributed by atoms with Gasteiger partial charge in [-0.25, -0.2) is 8.42 Å². The molecule has 0 heterocycles. The molecule has 1 aromatic rings. The van der Waals surface area contributed by atoms with Crippen LogP contribution < -0.4 is 5.73 Å². The van der Waals surface area contributed by atoms with Crippen LogP contribution >= 0.6 is 11.6 Å². The van der Waals surface area contributed by atoms with Crippen molar-refractivity contribution in [1.29, 1.82) is 0 Å². The fourth-order valence-corrected chi connectivity index (χ4v) is 5.03. The van der Waals surface area contributed by atoms with Crippen LogP contribution in [0.15, 0.2) is 23.1 Å². The van der Waals surface area contributed by atoms with E-state index in [0.717, 1.165) is 31.2 Å². The molecule has 0 aromatic heterocycles. The maximum Gasteiger partial charge on any atom is 0.243 e. The van der Waals surface area contributed by atoms with Crippen LogP contribution in [0.5, 0.6) is 0 Å². The highest BCUT2D eigenvalue weighted by Gasteiger charge is 2.31. The minimum Gasteiger partial charge on any atom is -0.326 e. The van der Waals surface area contributed by atoms with Crippen molar-refractivity contribution in [2.24, 2.45) is 5.73 Å². The molecule has 21 heavy (non-hydrogen) atoms. The van der Waals surface area contributed by atoms with Crippen molar-refractivity contribution < 1.29 is 8.42 Å². The molecule has 1 aliphatic rings. The molecule has 0 radical (unpaired) electrons. The highest BCUT2D eigenvalue weighted by atomic mass is 35.5. The second-order valence-electron chi connectivity index (χ2n) is 5.46. The summed E-state index contributed by atoms with van der Waals surface area (Å²) < 4.78 is 27.3. The predicted octanol–water partition coefficient (Wildman–Crippen LogP) is 3.14. The van der Waals surface area contributed by atoms with Crippen LogP contribution in [0.1, 0.15) is 44.6 Å². The second-order valence-corrected chi connectivity index (χ2v) is 7.76. The van der Waals surface area contributed by atoms with Crippen LogP contribution in [0.3, 0.4) is 0 Å². The van der Waals surface area contributed by atoms with Crippen LogP contribution in [-0.4, -0.2) is 25.3 Å². The molecule has 0 amide bonds. The van der Waals surface area contributed by atoms with E-state index in [2.05, 4.69) is 0 Å². The van der Waals surface area contributed by atoms with Crippen LogP contribution in [0.25, 0.3) is 0 Å². The zero-order valence-electron chi connectivity index (χ0n) is 12.4. The largest absolute Gasteiger partial charge is 0.326 e. The van der Waals surface area contributed by atoms with Crippen molar-refractivity contribution in [3.63, 3.8) is 0 Å². The van der Waals surface area contributed by atoms with Gasteiger partial charge in [0.05, 0.1) is 4.90 Å². The fourth-order valence-electron chi connectivity index (χ4n) is 2.98. The molecule has 6 heteroatoms. The zero-order chi connectivity index (χ0) is 15.5. The van der Waals surface area contributed by atoms with Crippen molar-refractivity contribution in [2.75, 3.05) is 6.54 Å². The lowest BCUT2D eigenvalue weighted by Crippen LogP contribution is -2.41. The quantitative estimate of drug-likeness (QED) is 0.902. The summed E-state index contributed by atoms with van der Waals surface area (Å²) in [5.41, 5.74) is 6.33. The molecule has 0 bridgehead atoms. The zero-order valence-corrected chi connectivity index (χ0v) is 14.0. The van der Waals surface area contributed by atoms with E-state index >= 15 is 0 Å². The Bertz CT molecular complexity index is 583. The van der Waals surface area contributed by atoms with Gasteiger partial charge in [0.1, 0.15) is 0 Å². The summed E-state index contributed by atoms with van der Waals surface area (Å²) in [6.07, 6.45) is 5.29. The van der Waals surface area contributed by atoms with Gasteiger partial charge in [-0.2, -0.15) is 4.31 Å². The van der Waals surface area contributed by atoms with Gasteiger partial charge >= 0.3 is 0 Å². The topological polar surface area (TPSA) is 63.4 Å². The summed E-state index contributed by atoms with van der Waals surface area (Å²) in [7, 11) is -3.49. The van der Waals surface area contributed by atoms with E-state index in [1.165, 1.54) is 12.5 Å². The summed E-state index contributed by atoms with van der Waals surface area (Å²) in [5.74, 6) is 0. The average molecular weight is 331 g/mol. The van der Waals surface area contributed by atoms with E-state index in [0.29, 0.717) is 18.1 Å². The Morgan fingerprint density at radius 3 is 2.48 bits per heavy atom. The Morgan fingerprint density at radius 2 is 1.95 bits per heavy atom. The summed E-state index contributed by atoms with van der Waals surface area (Å²) in [6, 6.07) is 4.94. The number of hydrogen-bond acceptors (Lipinski definition) is 3. The number of benzene rings is 1. The van der Waals surface area contributed by atoms with Crippen molar-refractivity contribution in [3.8, 4) is 0 Å². The van der Waals surface area contributed by atoms with Crippen LogP contribution in [-0.2, 0) is 16.6 Å². The Balaban J connectivity index is 2.32. The maximum atomic E-state index is 12.9. The van der Waals surface area contributed by atoms with E-state index in [4.69, 9.17) is 17.3 Å². The van der Waals surface area contributed by atoms with Crippen molar-refractivity contribution >= 4 is 21.6 Å². The van der Waals surface area contributed by atoms with E-state index < -0.39 is 10.0 Å². The lowest BCUT2D eigenvalue weighted by molar-refractivity contribution is 0.261. The lowest BCUT2D eigenvalue weighted by atomic mass is 9.95. The summed E-state index contributed by atoms with van der Waals surface area (Å²) in [6.45, 7) is 2.69. The Labute approximate surface area is 132 Å². The van der Waals surface area contributed by atoms with Gasteiger partial charge in [0.2, 0.25) is 10.0 Å². The predicted molar refractivity (Wildman–Crippen MR) is 85.8 cm³/mol. The molecule has 118 valence electrons. The monoisotopic (exact) mass is 330 g/mol. The number of nitrogens with zero attached hydrogens (tertiary/aromatic N) is 1. The van der Waals surface area contributed by atoms with Gasteiger partial charge in [0, 0.05) is 24.2 Å². The normalized spacial score (nSPS) is 17.3. The number of halogens is 1. The summed E-state index contributed by atoms with van der Waals surface area (Å²) in [5, 5.41) is 0.415. The summed E-state index contributed by atoms with van der Waals surface area (Å²) >= 11 is 6.11. The Kier molecular flexibility index (Phi) is 5.66. The van der Waals surface area contributed by atoms with Gasteiger partial charge in [-0.3, -0.25) is 0 Å². The highest BCUT2D eigenvalue weighted by molar-refractivity contribution is 7.89. The SMILES string of the molecule is CCN(C1CCCCC1)S(=O)(=O)c1ccc(CN)c(Cl)c1. The van der Waals surface area contributed by atoms with Crippen molar-refractivity contribution in [1.82, 2.24) is 4.31 Å². The van der Waals surface area contributed by atoms with Crippen molar-refractivity contribution in [3.05, 3.63) is 28.8 Å². The van der Waals surface area contributed by atoms with E-state index in [9.17, 15) is 8.42 Å². The van der Waals surface area contributed by atoms with Gasteiger partial charge in [-0.05, 0) is 30.5 Å². The van der Waals surface area contributed by atoms with Gasteiger partial charge in [-0.15, -0.1) is 0 Å². The smallest absolute Gasteiger partial charge is 0.243 e. The van der Waals surface area contributed by atoms with E-state index in [1.807, 2.05) is 6.92 Å². The molecule has 0 unspecified atom stereocenters. The lowest BCUT2D eigenvalue weighted by Gasteiger charge is -2.32. The molecule has 0 spiro atoms. The third kappa shape index (κ3) is 3.59. The van der Waals surface area contributed by atoms with Crippen LogP contribution in [0, 0.1) is 0 Å². The van der Waals surface area contributed by atoms with Crippen molar-refractivity contribution in [2.45, 2.75) is 56.5 Å². The third-order valence-electron chi connectivity index (χ3n) is 4.14. The standard InChI is InChI=1S/C15H23ClN2O2S/c1-2-18(13-6-4-3-5-7-13)21(19,20)14-9-8-12(11-17)15(16)10-14/h8-10,13H,2-7,11,17H2,1H3. The van der Waals surface area contributed by atoms with Gasteiger partial charge < -0.3 is 5.73 Å². The molecular formula is C15H23ClN2O2S. The molecule has 1 saturated carbocycles. The Morgan fingerprint density at radius 1 is 1.29 bits per heavy atom. The van der Waals surface area contributed by atoms with E-state index in [-0.39, 0.29) is 10.9 Å². The fraction of sp³-hybridized carbons (Fsp3) is 0.600. The van der Waals surface area contributed by atoms with Crippen LogP contribution in [0.2, 0.25) is 5.02 Å². The third-order valence-corrected chi connectivity index (χ3v) is 6.52. The maximum absolute atomic E-state index is 12.9. The molecule has 0 atom stereocenters. The molecule has 2 rings (SSSR count). The summed E-state index contributed by atoms with van der Waals surface area (Å²) in [4.78, 5) is 0.261. The molecule has 1 fully saturated rings. The van der Waals surface area contributed by atoms with Crippen LogP contribution in [0.4, 0.5) is 0 Å². The first-order valence-electron chi connectivity index (χ1n) is 7.51. The number of rotatable bonds is 5. The number of nitrogens with two attached hydrogens (primary N) is 1. The Hall–Kier alpha value is -0.620. The molecule has 4 nitrogen and oxygen atoms in total. The van der Waals surface area contributed by atoms with Gasteiger partial charge in [-0.1, -0.05) is 43.9 Å². The first-order chi connectivity index (χ1) is 10.0. The highest BCUT2D eigenvalue weighted by Crippen LogP contribution is 2.29. The number of hydrogen-bond donors (Lipinski definition) is 1.